The van der Waals surface area contributed by atoms with Crippen molar-refractivity contribution in [3.05, 3.63) is 72.9 Å². The summed E-state index contributed by atoms with van der Waals surface area (Å²) in [6.45, 7) is 2.04. The zero-order valence-electron chi connectivity index (χ0n) is 13.5. The van der Waals surface area contributed by atoms with Crippen LogP contribution in [0.4, 0.5) is 11.6 Å². The maximum Gasteiger partial charge on any atom is 0.227 e. The minimum Gasteiger partial charge on any atom is -0.324 e. The van der Waals surface area contributed by atoms with Crippen LogP contribution in [0, 0.1) is 6.92 Å². The van der Waals surface area contributed by atoms with Gasteiger partial charge in [-0.25, -0.2) is 15.0 Å². The predicted molar refractivity (Wildman–Crippen MR) is 101 cm³/mol. The van der Waals surface area contributed by atoms with Crippen LogP contribution in [0.15, 0.2) is 67.3 Å². The molecule has 0 saturated carbocycles. The van der Waals surface area contributed by atoms with Crippen molar-refractivity contribution in [1.29, 1.82) is 0 Å². The molecule has 5 nitrogen and oxygen atoms in total. The van der Waals surface area contributed by atoms with Gasteiger partial charge in [-0.1, -0.05) is 12.1 Å². The normalized spacial score (nSPS) is 10.6. The molecule has 0 unspecified atom stereocenters. The highest BCUT2D eigenvalue weighted by Gasteiger charge is 2.11. The summed E-state index contributed by atoms with van der Waals surface area (Å²) in [6.07, 6.45) is 7.04. The van der Waals surface area contributed by atoms with E-state index in [-0.39, 0.29) is 0 Å². The first-order chi connectivity index (χ1) is 12.3. The van der Waals surface area contributed by atoms with Crippen LogP contribution in [0.25, 0.3) is 21.0 Å². The van der Waals surface area contributed by atoms with Gasteiger partial charge in [0, 0.05) is 36.0 Å². The predicted octanol–water partition coefficient (Wildman–Crippen LogP) is 4.71. The SMILES string of the molecule is Cc1nc(-c2cccnc2)sc1-c1ccc(Nc2ncccn2)cc1. The van der Waals surface area contributed by atoms with Gasteiger partial charge in [-0.15, -0.1) is 11.3 Å². The lowest BCUT2D eigenvalue weighted by Gasteiger charge is -2.05. The number of aryl methyl sites for hydroxylation is 1. The van der Waals surface area contributed by atoms with E-state index < -0.39 is 0 Å². The molecule has 0 atom stereocenters. The van der Waals surface area contributed by atoms with E-state index in [4.69, 9.17) is 4.98 Å². The first kappa shape index (κ1) is 15.4. The van der Waals surface area contributed by atoms with Gasteiger partial charge in [-0.3, -0.25) is 4.98 Å². The Balaban J connectivity index is 1.59. The molecule has 3 aromatic heterocycles. The molecule has 25 heavy (non-hydrogen) atoms. The summed E-state index contributed by atoms with van der Waals surface area (Å²) >= 11 is 1.68. The van der Waals surface area contributed by atoms with E-state index in [1.807, 2.05) is 37.4 Å². The first-order valence-electron chi connectivity index (χ1n) is 7.82. The van der Waals surface area contributed by atoms with Crippen molar-refractivity contribution >= 4 is 23.0 Å². The Morgan fingerprint density at radius 1 is 0.880 bits per heavy atom. The van der Waals surface area contributed by atoms with E-state index >= 15 is 0 Å². The van der Waals surface area contributed by atoms with Crippen molar-refractivity contribution < 1.29 is 0 Å². The molecule has 0 aliphatic rings. The van der Waals surface area contributed by atoms with E-state index in [9.17, 15) is 0 Å². The number of benzene rings is 1. The summed E-state index contributed by atoms with van der Waals surface area (Å²) in [4.78, 5) is 18.4. The topological polar surface area (TPSA) is 63.6 Å². The Bertz CT molecular complexity index is 966. The average Bonchev–Trinajstić information content (AvgIpc) is 3.06. The fraction of sp³-hybridized carbons (Fsp3) is 0.0526. The number of nitrogens with zero attached hydrogens (tertiary/aromatic N) is 4. The monoisotopic (exact) mass is 345 g/mol. The van der Waals surface area contributed by atoms with Crippen molar-refractivity contribution in [2.45, 2.75) is 6.92 Å². The highest BCUT2D eigenvalue weighted by Crippen LogP contribution is 2.35. The Morgan fingerprint density at radius 2 is 1.68 bits per heavy atom. The highest BCUT2D eigenvalue weighted by molar-refractivity contribution is 7.18. The third-order valence-corrected chi connectivity index (χ3v) is 4.93. The van der Waals surface area contributed by atoms with E-state index in [2.05, 4.69) is 32.4 Å². The Morgan fingerprint density at radius 3 is 2.40 bits per heavy atom. The molecule has 6 heteroatoms. The van der Waals surface area contributed by atoms with Gasteiger partial charge >= 0.3 is 0 Å². The van der Waals surface area contributed by atoms with Crippen LogP contribution in [0.3, 0.4) is 0 Å². The van der Waals surface area contributed by atoms with E-state index in [0.29, 0.717) is 5.95 Å². The zero-order valence-corrected chi connectivity index (χ0v) is 14.4. The highest BCUT2D eigenvalue weighted by atomic mass is 32.1. The van der Waals surface area contributed by atoms with Gasteiger partial charge in [0.05, 0.1) is 10.6 Å². The lowest BCUT2D eigenvalue weighted by Crippen LogP contribution is -1.95. The van der Waals surface area contributed by atoms with Crippen LogP contribution in [0.5, 0.6) is 0 Å². The van der Waals surface area contributed by atoms with Gasteiger partial charge in [0.15, 0.2) is 0 Å². The van der Waals surface area contributed by atoms with Crippen molar-refractivity contribution in [3.8, 4) is 21.0 Å². The van der Waals surface area contributed by atoms with E-state index in [1.54, 1.807) is 36.0 Å². The summed E-state index contributed by atoms with van der Waals surface area (Å²) in [6, 6.07) is 14.0. The Hall–Kier alpha value is -3.12. The van der Waals surface area contributed by atoms with Gasteiger partial charge in [0.25, 0.3) is 0 Å². The number of nitrogens with one attached hydrogen (secondary N) is 1. The second kappa shape index (κ2) is 6.78. The largest absolute Gasteiger partial charge is 0.324 e. The van der Waals surface area contributed by atoms with Gasteiger partial charge in [-0.2, -0.15) is 0 Å². The van der Waals surface area contributed by atoms with E-state index in [0.717, 1.165) is 27.5 Å². The molecule has 0 bridgehead atoms. The number of pyridine rings is 1. The molecule has 0 radical (unpaired) electrons. The lowest BCUT2D eigenvalue weighted by atomic mass is 10.1. The fourth-order valence-electron chi connectivity index (χ4n) is 2.47. The van der Waals surface area contributed by atoms with E-state index in [1.165, 1.54) is 4.88 Å². The molecular formula is C19H15N5S. The zero-order chi connectivity index (χ0) is 17.1. The van der Waals surface area contributed by atoms with Crippen molar-refractivity contribution in [3.63, 3.8) is 0 Å². The number of hydrogen-bond donors (Lipinski definition) is 1. The third-order valence-electron chi connectivity index (χ3n) is 3.67. The minimum atomic E-state index is 0.586. The third kappa shape index (κ3) is 3.39. The molecule has 0 spiro atoms. The lowest BCUT2D eigenvalue weighted by molar-refractivity contribution is 1.17. The number of thiazole rings is 1. The van der Waals surface area contributed by atoms with Gasteiger partial charge in [0.2, 0.25) is 5.95 Å². The quantitative estimate of drug-likeness (QED) is 0.580. The summed E-state index contributed by atoms with van der Waals surface area (Å²) in [7, 11) is 0. The molecular weight excluding hydrogens is 330 g/mol. The number of anilines is 2. The molecule has 1 N–H and O–H groups in total. The number of aromatic nitrogens is 4. The van der Waals surface area contributed by atoms with Gasteiger partial charge in [0.1, 0.15) is 5.01 Å². The maximum absolute atomic E-state index is 4.69. The van der Waals surface area contributed by atoms with Crippen LogP contribution in [0.2, 0.25) is 0 Å². The molecule has 0 saturated heterocycles. The Labute approximate surface area is 149 Å². The molecule has 0 amide bonds. The fourth-order valence-corrected chi connectivity index (χ4v) is 3.54. The minimum absolute atomic E-state index is 0.586. The number of rotatable bonds is 4. The van der Waals surface area contributed by atoms with Gasteiger partial charge in [-0.05, 0) is 42.8 Å². The van der Waals surface area contributed by atoms with Crippen LogP contribution in [0.1, 0.15) is 5.69 Å². The molecule has 0 fully saturated rings. The molecule has 4 aromatic rings. The molecule has 0 aliphatic carbocycles. The molecule has 1 aromatic carbocycles. The summed E-state index contributed by atoms with van der Waals surface area (Å²) < 4.78 is 0. The summed E-state index contributed by atoms with van der Waals surface area (Å²) in [5.41, 5.74) is 4.16. The summed E-state index contributed by atoms with van der Waals surface area (Å²) in [5, 5.41) is 4.17. The number of hydrogen-bond acceptors (Lipinski definition) is 6. The first-order valence-corrected chi connectivity index (χ1v) is 8.63. The van der Waals surface area contributed by atoms with Crippen molar-refractivity contribution in [2.24, 2.45) is 0 Å². The van der Waals surface area contributed by atoms with Crippen LogP contribution in [-0.4, -0.2) is 19.9 Å². The average molecular weight is 345 g/mol. The standard InChI is InChI=1S/C19H15N5S/c1-13-17(25-18(23-13)15-4-2-9-20-12-15)14-5-7-16(8-6-14)24-19-21-10-3-11-22-19/h2-12H,1H3,(H,21,22,24). The van der Waals surface area contributed by atoms with Crippen LogP contribution >= 0.6 is 11.3 Å². The second-order valence-electron chi connectivity index (χ2n) is 5.45. The second-order valence-corrected chi connectivity index (χ2v) is 6.45. The van der Waals surface area contributed by atoms with Crippen LogP contribution in [-0.2, 0) is 0 Å². The summed E-state index contributed by atoms with van der Waals surface area (Å²) in [5.74, 6) is 0.586. The molecule has 4 rings (SSSR count). The van der Waals surface area contributed by atoms with Crippen LogP contribution < -0.4 is 5.32 Å². The molecule has 3 heterocycles. The Kier molecular flexibility index (Phi) is 4.18. The molecule has 0 aliphatic heterocycles. The van der Waals surface area contributed by atoms with Crippen molar-refractivity contribution in [1.82, 2.24) is 19.9 Å². The smallest absolute Gasteiger partial charge is 0.227 e. The molecule has 122 valence electrons. The van der Waals surface area contributed by atoms with Crippen molar-refractivity contribution in [2.75, 3.05) is 5.32 Å². The maximum atomic E-state index is 4.69. The van der Waals surface area contributed by atoms with Gasteiger partial charge < -0.3 is 5.32 Å².